The van der Waals surface area contributed by atoms with Gasteiger partial charge in [0.1, 0.15) is 0 Å². The van der Waals surface area contributed by atoms with Crippen molar-refractivity contribution in [1.29, 1.82) is 0 Å². The zero-order chi connectivity index (χ0) is 9.26. The van der Waals surface area contributed by atoms with E-state index in [0.29, 0.717) is 5.56 Å². The Balaban J connectivity index is 0.000000980. The van der Waals surface area contributed by atoms with Gasteiger partial charge >= 0.3 is 5.97 Å². The van der Waals surface area contributed by atoms with E-state index in [4.69, 9.17) is 5.11 Å². The van der Waals surface area contributed by atoms with Crippen LogP contribution in [-0.4, -0.2) is 11.1 Å². The monoisotopic (exact) mass is 220 g/mol. The van der Waals surface area contributed by atoms with Crippen molar-refractivity contribution in [2.75, 3.05) is 0 Å². The van der Waals surface area contributed by atoms with Crippen LogP contribution in [0.25, 0.3) is 10.8 Å². The summed E-state index contributed by atoms with van der Waals surface area (Å²) in [6.07, 6.45) is 0. The zero-order valence-electron chi connectivity index (χ0n) is 7.40. The first kappa shape index (κ1) is 11.0. The first-order valence-electron chi connectivity index (χ1n) is 4.00. The van der Waals surface area contributed by atoms with Gasteiger partial charge in [0, 0.05) is 21.7 Å². The number of fused-ring (bicyclic) bond motifs is 1. The van der Waals surface area contributed by atoms with Gasteiger partial charge in [-0.2, -0.15) is 0 Å². The Morgan fingerprint density at radius 3 is 2.36 bits per heavy atom. The molecule has 2 aromatic carbocycles. The van der Waals surface area contributed by atoms with Crippen LogP contribution in [0.15, 0.2) is 42.5 Å². The maximum Gasteiger partial charge on any atom is 0.336 e. The predicted molar refractivity (Wildman–Crippen MR) is 50.9 cm³/mol. The summed E-state index contributed by atoms with van der Waals surface area (Å²) in [5.41, 5.74) is 0.359. The minimum Gasteiger partial charge on any atom is -0.478 e. The summed E-state index contributed by atoms with van der Waals surface area (Å²) in [4.78, 5) is 10.8. The molecule has 68 valence electrons. The molecule has 1 N–H and O–H groups in total. The molecule has 0 spiro atoms. The Morgan fingerprint density at radius 1 is 1.00 bits per heavy atom. The van der Waals surface area contributed by atoms with Gasteiger partial charge in [-0.05, 0) is 16.8 Å². The third-order valence-electron chi connectivity index (χ3n) is 2.02. The fraction of sp³-hybridized carbons (Fsp3) is 0. The van der Waals surface area contributed by atoms with Gasteiger partial charge in [-0.25, -0.2) is 4.79 Å². The topological polar surface area (TPSA) is 37.3 Å². The fourth-order valence-electron chi connectivity index (χ4n) is 1.41. The molecule has 0 heterocycles. The molecule has 2 nitrogen and oxygen atoms in total. The van der Waals surface area contributed by atoms with Crippen LogP contribution in [0.2, 0.25) is 0 Å². The van der Waals surface area contributed by atoms with Crippen LogP contribution in [0, 0.1) is 0 Å². The van der Waals surface area contributed by atoms with E-state index < -0.39 is 5.97 Å². The maximum absolute atomic E-state index is 10.8. The average molecular weight is 220 g/mol. The number of rotatable bonds is 1. The van der Waals surface area contributed by atoms with Crippen molar-refractivity contribution in [3.8, 4) is 0 Å². The average Bonchev–Trinajstić information content (AvgIpc) is 2.17. The van der Waals surface area contributed by atoms with Crippen molar-refractivity contribution in [3.05, 3.63) is 48.0 Å². The smallest absolute Gasteiger partial charge is 0.336 e. The molecule has 0 aliphatic rings. The van der Waals surface area contributed by atoms with Crippen molar-refractivity contribution in [1.82, 2.24) is 0 Å². The molecule has 0 fully saturated rings. The standard InChI is InChI=1S/C11H8O2.Ti/c12-11(13)10-7-3-5-8-4-1-2-6-9(8)10;/h1-7H,(H,12,13);. The van der Waals surface area contributed by atoms with Crippen molar-refractivity contribution in [2.24, 2.45) is 0 Å². The fourth-order valence-corrected chi connectivity index (χ4v) is 1.41. The first-order chi connectivity index (χ1) is 6.29. The Bertz CT molecular complexity index is 460. The molecule has 0 saturated carbocycles. The molecule has 2 rings (SSSR count). The maximum atomic E-state index is 10.8. The minimum atomic E-state index is -0.878. The van der Waals surface area contributed by atoms with Crippen LogP contribution < -0.4 is 0 Å². The second-order valence-electron chi connectivity index (χ2n) is 2.83. The summed E-state index contributed by atoms with van der Waals surface area (Å²) in [6, 6.07) is 12.7. The number of aromatic carboxylic acids is 1. The second-order valence-corrected chi connectivity index (χ2v) is 2.83. The molecule has 0 amide bonds. The number of carbonyl (C=O) groups is 1. The number of hydrogen-bond acceptors (Lipinski definition) is 1. The molecule has 0 saturated heterocycles. The molecule has 0 aliphatic carbocycles. The molecule has 2 aromatic rings. The van der Waals surface area contributed by atoms with E-state index in [9.17, 15) is 4.79 Å². The Morgan fingerprint density at radius 2 is 1.64 bits per heavy atom. The van der Waals surface area contributed by atoms with Crippen LogP contribution in [0.1, 0.15) is 10.4 Å². The molecule has 14 heavy (non-hydrogen) atoms. The van der Waals surface area contributed by atoms with Crippen molar-refractivity contribution >= 4 is 16.7 Å². The quantitative estimate of drug-likeness (QED) is 0.749. The SMILES string of the molecule is O=C(O)c1cccc2ccccc12.[Ti]. The minimum absolute atomic E-state index is 0. The summed E-state index contributed by atoms with van der Waals surface area (Å²) < 4.78 is 0. The largest absolute Gasteiger partial charge is 0.478 e. The van der Waals surface area contributed by atoms with Gasteiger partial charge in [-0.1, -0.05) is 36.4 Å². The summed E-state index contributed by atoms with van der Waals surface area (Å²) in [5, 5.41) is 10.6. The Labute approximate surface area is 96.4 Å². The predicted octanol–water partition coefficient (Wildman–Crippen LogP) is 2.54. The normalized spacial score (nSPS) is 9.43. The molecule has 0 aromatic heterocycles. The molecular weight excluding hydrogens is 212 g/mol. The summed E-state index contributed by atoms with van der Waals surface area (Å²) in [5.74, 6) is -0.878. The van der Waals surface area contributed by atoms with Crippen molar-refractivity contribution in [3.63, 3.8) is 0 Å². The van der Waals surface area contributed by atoms with E-state index in [1.54, 1.807) is 12.1 Å². The Kier molecular flexibility index (Phi) is 3.45. The van der Waals surface area contributed by atoms with Gasteiger partial charge in [0.2, 0.25) is 0 Å². The van der Waals surface area contributed by atoms with Gasteiger partial charge in [-0.3, -0.25) is 0 Å². The zero-order valence-corrected chi connectivity index (χ0v) is 8.96. The molecule has 0 unspecified atom stereocenters. The number of hydrogen-bond donors (Lipinski definition) is 1. The van der Waals surface area contributed by atoms with E-state index in [1.807, 2.05) is 30.3 Å². The number of carboxylic acid groups (broad SMARTS) is 1. The molecule has 0 bridgehead atoms. The van der Waals surface area contributed by atoms with E-state index in [2.05, 4.69) is 0 Å². The van der Waals surface area contributed by atoms with Gasteiger partial charge in [0.15, 0.2) is 0 Å². The van der Waals surface area contributed by atoms with E-state index in [-0.39, 0.29) is 21.7 Å². The molecule has 0 atom stereocenters. The van der Waals surface area contributed by atoms with Crippen LogP contribution >= 0.6 is 0 Å². The third-order valence-corrected chi connectivity index (χ3v) is 2.02. The van der Waals surface area contributed by atoms with Crippen molar-refractivity contribution < 1.29 is 31.6 Å². The van der Waals surface area contributed by atoms with E-state index >= 15 is 0 Å². The van der Waals surface area contributed by atoms with Gasteiger partial charge in [0.25, 0.3) is 0 Å². The Hall–Kier alpha value is -1.12. The molecule has 0 radical (unpaired) electrons. The third kappa shape index (κ3) is 1.86. The van der Waals surface area contributed by atoms with Crippen molar-refractivity contribution in [2.45, 2.75) is 0 Å². The molecule has 3 heteroatoms. The molecular formula is C11H8O2Ti. The van der Waals surface area contributed by atoms with Crippen LogP contribution in [-0.2, 0) is 21.7 Å². The number of carboxylic acids is 1. The van der Waals surface area contributed by atoms with Crippen LogP contribution in [0.4, 0.5) is 0 Å². The van der Waals surface area contributed by atoms with Gasteiger partial charge in [-0.15, -0.1) is 0 Å². The molecule has 0 aliphatic heterocycles. The second kappa shape index (κ2) is 4.40. The first-order valence-corrected chi connectivity index (χ1v) is 4.00. The van der Waals surface area contributed by atoms with Crippen LogP contribution in [0.3, 0.4) is 0 Å². The van der Waals surface area contributed by atoms with Gasteiger partial charge in [0.05, 0.1) is 5.56 Å². The summed E-state index contributed by atoms with van der Waals surface area (Å²) in [6.45, 7) is 0. The van der Waals surface area contributed by atoms with Crippen LogP contribution in [0.5, 0.6) is 0 Å². The summed E-state index contributed by atoms with van der Waals surface area (Å²) in [7, 11) is 0. The van der Waals surface area contributed by atoms with Gasteiger partial charge < -0.3 is 5.11 Å². The number of benzene rings is 2. The summed E-state index contributed by atoms with van der Waals surface area (Å²) >= 11 is 0. The van der Waals surface area contributed by atoms with E-state index in [0.717, 1.165) is 10.8 Å². The van der Waals surface area contributed by atoms with E-state index in [1.165, 1.54) is 0 Å².